The van der Waals surface area contributed by atoms with Gasteiger partial charge in [-0.15, -0.1) is 0 Å². The molecule has 0 spiro atoms. The molecule has 0 N–H and O–H groups in total. The van der Waals surface area contributed by atoms with E-state index in [0.717, 1.165) is 17.0 Å². The summed E-state index contributed by atoms with van der Waals surface area (Å²) >= 11 is 5.47. The Morgan fingerprint density at radius 2 is 1.77 bits per heavy atom. The van der Waals surface area contributed by atoms with E-state index in [1.165, 1.54) is 7.11 Å². The average Bonchev–Trinajstić information content (AvgIpc) is 2.55. The lowest BCUT2D eigenvalue weighted by Gasteiger charge is -2.41. The van der Waals surface area contributed by atoms with Gasteiger partial charge in [0.25, 0.3) is 0 Å². The van der Waals surface area contributed by atoms with Gasteiger partial charge in [-0.25, -0.2) is 4.79 Å². The van der Waals surface area contributed by atoms with Crippen LogP contribution in [0.1, 0.15) is 18.5 Å². The van der Waals surface area contributed by atoms with Gasteiger partial charge in [-0.2, -0.15) is 0 Å². The highest BCUT2D eigenvalue weighted by atomic mass is 32.1. The Hall–Kier alpha value is -2.08. The summed E-state index contributed by atoms with van der Waals surface area (Å²) < 4.78 is 10.2. The third kappa shape index (κ3) is 2.66. The molecule has 1 atom stereocenters. The highest BCUT2D eigenvalue weighted by Crippen LogP contribution is 2.36. The molecule has 1 aliphatic heterocycles. The fourth-order valence-corrected chi connectivity index (χ4v) is 2.85. The monoisotopic (exact) mass is 320 g/mol. The number of thiocarbonyl (C=S) groups is 1. The molecule has 0 radical (unpaired) electrons. The summed E-state index contributed by atoms with van der Waals surface area (Å²) in [6.45, 7) is 1.88. The average molecular weight is 320 g/mol. The molecule has 0 bridgehead atoms. The first kappa shape index (κ1) is 16.3. The van der Waals surface area contributed by atoms with Crippen LogP contribution in [0.4, 0.5) is 0 Å². The number of esters is 1. The van der Waals surface area contributed by atoms with Crippen molar-refractivity contribution >= 4 is 23.3 Å². The van der Waals surface area contributed by atoms with E-state index in [0.29, 0.717) is 10.7 Å². The van der Waals surface area contributed by atoms with E-state index < -0.39 is 0 Å². The zero-order valence-corrected chi connectivity index (χ0v) is 14.2. The maximum Gasteiger partial charge on any atom is 0.337 e. The Bertz CT molecular complexity index is 625. The molecule has 5 nitrogen and oxygen atoms in total. The van der Waals surface area contributed by atoms with Crippen LogP contribution < -0.4 is 4.74 Å². The molecule has 6 heteroatoms. The Labute approximate surface area is 136 Å². The molecule has 1 aliphatic rings. The van der Waals surface area contributed by atoms with E-state index in [-0.39, 0.29) is 12.0 Å². The summed E-state index contributed by atoms with van der Waals surface area (Å²) in [5.41, 5.74) is 2.35. The number of nitrogens with zero attached hydrogens (tertiary/aromatic N) is 2. The van der Waals surface area contributed by atoms with Gasteiger partial charge < -0.3 is 19.3 Å². The number of ether oxygens (including phenoxy) is 2. The number of allylic oxidation sites excluding steroid dienone is 1. The number of carbonyl (C=O) groups is 1. The van der Waals surface area contributed by atoms with Gasteiger partial charge in [0.15, 0.2) is 5.11 Å². The molecule has 0 saturated heterocycles. The fourth-order valence-electron chi connectivity index (χ4n) is 2.61. The van der Waals surface area contributed by atoms with E-state index in [9.17, 15) is 4.79 Å². The van der Waals surface area contributed by atoms with Crippen LogP contribution >= 0.6 is 12.2 Å². The quantitative estimate of drug-likeness (QED) is 0.629. The molecule has 1 aromatic carbocycles. The number of rotatable bonds is 3. The minimum absolute atomic E-state index is 0.276. The molecular formula is C16H20N2O3S. The van der Waals surface area contributed by atoms with Crippen molar-refractivity contribution in [1.29, 1.82) is 0 Å². The molecule has 0 saturated carbocycles. The first-order valence-electron chi connectivity index (χ1n) is 6.86. The number of hydrogen-bond donors (Lipinski definition) is 0. The Morgan fingerprint density at radius 3 is 2.27 bits per heavy atom. The second-order valence-corrected chi connectivity index (χ2v) is 5.48. The lowest BCUT2D eigenvalue weighted by Crippen LogP contribution is -2.47. The minimum atomic E-state index is -0.348. The number of benzene rings is 1. The SMILES string of the molecule is COC(=O)C1=C(C)N(C)C(=S)N(C)[C@H]1c1ccc(OC)cc1. The number of hydrogen-bond acceptors (Lipinski definition) is 4. The molecule has 22 heavy (non-hydrogen) atoms. The van der Waals surface area contributed by atoms with Crippen molar-refractivity contribution in [2.45, 2.75) is 13.0 Å². The molecule has 0 aromatic heterocycles. The van der Waals surface area contributed by atoms with Gasteiger partial charge in [-0.1, -0.05) is 12.1 Å². The normalized spacial score (nSPS) is 18.6. The fraction of sp³-hybridized carbons (Fsp3) is 0.375. The lowest BCUT2D eigenvalue weighted by molar-refractivity contribution is -0.137. The van der Waals surface area contributed by atoms with Gasteiger partial charge in [0.05, 0.1) is 25.8 Å². The predicted molar refractivity (Wildman–Crippen MR) is 88.6 cm³/mol. The topological polar surface area (TPSA) is 42.0 Å². The van der Waals surface area contributed by atoms with Crippen molar-refractivity contribution in [3.05, 3.63) is 41.1 Å². The van der Waals surface area contributed by atoms with E-state index >= 15 is 0 Å². The lowest BCUT2D eigenvalue weighted by atomic mass is 9.94. The Morgan fingerprint density at radius 1 is 1.18 bits per heavy atom. The van der Waals surface area contributed by atoms with Crippen LogP contribution in [0, 0.1) is 0 Å². The highest BCUT2D eigenvalue weighted by Gasteiger charge is 2.37. The molecule has 0 amide bonds. The van der Waals surface area contributed by atoms with Crippen LogP contribution in [-0.4, -0.2) is 49.2 Å². The summed E-state index contributed by atoms with van der Waals surface area (Å²) in [4.78, 5) is 16.0. The van der Waals surface area contributed by atoms with Gasteiger partial charge in [0.2, 0.25) is 0 Å². The summed E-state index contributed by atoms with van der Waals surface area (Å²) in [5, 5.41) is 0.658. The first-order chi connectivity index (χ1) is 10.4. The molecule has 0 fully saturated rings. The van der Waals surface area contributed by atoms with Crippen molar-refractivity contribution in [2.75, 3.05) is 28.3 Å². The van der Waals surface area contributed by atoms with E-state index in [1.54, 1.807) is 7.11 Å². The third-order valence-corrected chi connectivity index (χ3v) is 4.54. The van der Waals surface area contributed by atoms with Crippen LogP contribution in [0.2, 0.25) is 0 Å². The molecule has 0 aliphatic carbocycles. The van der Waals surface area contributed by atoms with E-state index in [4.69, 9.17) is 21.7 Å². The Balaban J connectivity index is 2.57. The molecule has 118 valence electrons. The second-order valence-electron chi connectivity index (χ2n) is 5.12. The van der Waals surface area contributed by atoms with Crippen molar-refractivity contribution < 1.29 is 14.3 Å². The number of likely N-dealkylation sites (N-methyl/N-ethyl adjacent to an activating group) is 1. The van der Waals surface area contributed by atoms with E-state index in [2.05, 4.69) is 0 Å². The summed E-state index contributed by atoms with van der Waals surface area (Å²) in [6, 6.07) is 7.33. The van der Waals surface area contributed by atoms with Crippen LogP contribution in [0.25, 0.3) is 0 Å². The first-order valence-corrected chi connectivity index (χ1v) is 7.26. The van der Waals surface area contributed by atoms with Crippen LogP contribution in [0.3, 0.4) is 0 Å². The molecular weight excluding hydrogens is 300 g/mol. The summed E-state index contributed by atoms with van der Waals surface area (Å²) in [7, 11) is 6.74. The van der Waals surface area contributed by atoms with Gasteiger partial charge in [0, 0.05) is 19.8 Å². The van der Waals surface area contributed by atoms with Crippen molar-refractivity contribution in [3.8, 4) is 5.75 Å². The summed E-state index contributed by atoms with van der Waals surface area (Å²) in [6.07, 6.45) is 0. The van der Waals surface area contributed by atoms with Gasteiger partial charge in [-0.05, 0) is 36.8 Å². The van der Waals surface area contributed by atoms with Crippen molar-refractivity contribution in [1.82, 2.24) is 9.80 Å². The maximum atomic E-state index is 12.3. The third-order valence-electron chi connectivity index (χ3n) is 3.98. The molecule has 1 aromatic rings. The minimum Gasteiger partial charge on any atom is -0.497 e. The Kier molecular flexibility index (Phi) is 4.71. The zero-order chi connectivity index (χ0) is 16.4. The molecule has 0 unspecified atom stereocenters. The van der Waals surface area contributed by atoms with Gasteiger partial charge >= 0.3 is 5.97 Å². The standard InChI is InChI=1S/C16H20N2O3S/c1-10-13(15(19)21-5)14(18(3)16(22)17(10)2)11-6-8-12(20-4)9-7-11/h6-9,14H,1-5H3/t14-/m0/s1. The largest absolute Gasteiger partial charge is 0.497 e. The van der Waals surface area contributed by atoms with Crippen LogP contribution in [0.15, 0.2) is 35.5 Å². The zero-order valence-electron chi connectivity index (χ0n) is 13.4. The molecule has 1 heterocycles. The number of carbonyl (C=O) groups excluding carboxylic acids is 1. The summed E-state index contributed by atoms with van der Waals surface area (Å²) in [5.74, 6) is 0.418. The van der Waals surface area contributed by atoms with Crippen LogP contribution in [0.5, 0.6) is 5.75 Å². The molecule has 2 rings (SSSR count). The smallest absolute Gasteiger partial charge is 0.337 e. The van der Waals surface area contributed by atoms with E-state index in [1.807, 2.05) is 55.1 Å². The highest BCUT2D eigenvalue weighted by molar-refractivity contribution is 7.80. The number of methoxy groups -OCH3 is 2. The van der Waals surface area contributed by atoms with Crippen molar-refractivity contribution in [2.24, 2.45) is 0 Å². The second kappa shape index (κ2) is 6.36. The van der Waals surface area contributed by atoms with Crippen LogP contribution in [-0.2, 0) is 9.53 Å². The van der Waals surface area contributed by atoms with Gasteiger partial charge in [-0.3, -0.25) is 0 Å². The van der Waals surface area contributed by atoms with Crippen molar-refractivity contribution in [3.63, 3.8) is 0 Å². The maximum absolute atomic E-state index is 12.3. The van der Waals surface area contributed by atoms with Gasteiger partial charge in [0.1, 0.15) is 5.75 Å². The predicted octanol–water partition coefficient (Wildman–Crippen LogP) is 2.35.